The minimum absolute atomic E-state index is 0.0326. The molecule has 1 heterocycles. The number of methoxy groups -OCH3 is 3. The highest BCUT2D eigenvalue weighted by Gasteiger charge is 2.24. The van der Waals surface area contributed by atoms with Crippen LogP contribution in [-0.2, 0) is 0 Å². The number of ether oxygens (including phenoxy) is 3. The van der Waals surface area contributed by atoms with Gasteiger partial charge >= 0.3 is 0 Å². The lowest BCUT2D eigenvalue weighted by molar-refractivity contribution is 0.0643. The summed E-state index contributed by atoms with van der Waals surface area (Å²) in [5, 5.41) is 0. The predicted octanol–water partition coefficient (Wildman–Crippen LogP) is 1.71. The van der Waals surface area contributed by atoms with Gasteiger partial charge < -0.3 is 19.1 Å². The van der Waals surface area contributed by atoms with Crippen LogP contribution in [0.4, 0.5) is 0 Å². The second-order valence-corrected chi connectivity index (χ2v) is 5.61. The molecular weight excluding hydrogens is 320 g/mol. The van der Waals surface area contributed by atoms with Crippen LogP contribution in [0.25, 0.3) is 0 Å². The van der Waals surface area contributed by atoms with E-state index in [1.807, 2.05) is 4.90 Å². The summed E-state index contributed by atoms with van der Waals surface area (Å²) in [6, 6.07) is 3.38. The van der Waals surface area contributed by atoms with Gasteiger partial charge in [0.2, 0.25) is 5.75 Å². The molecule has 1 aromatic carbocycles. The molecule has 1 aliphatic rings. The van der Waals surface area contributed by atoms with Gasteiger partial charge in [-0.2, -0.15) is 0 Å². The average molecular weight is 343 g/mol. The van der Waals surface area contributed by atoms with E-state index >= 15 is 0 Å². The summed E-state index contributed by atoms with van der Waals surface area (Å²) in [7, 11) is 4.62. The lowest BCUT2D eigenvalue weighted by atomic mass is 10.1. The Balaban J connectivity index is 2.16. The Hall–Kier alpha value is -1.66. The van der Waals surface area contributed by atoms with Gasteiger partial charge in [-0.3, -0.25) is 9.69 Å². The normalized spacial score (nSPS) is 15.4. The van der Waals surface area contributed by atoms with E-state index in [9.17, 15) is 4.79 Å². The maximum Gasteiger partial charge on any atom is 0.254 e. The number of alkyl halides is 1. The number of hydrogen-bond donors (Lipinski definition) is 0. The van der Waals surface area contributed by atoms with Crippen LogP contribution in [0.2, 0.25) is 0 Å². The molecule has 128 valence electrons. The maximum atomic E-state index is 12.7. The molecule has 1 amide bonds. The molecule has 0 bridgehead atoms. The van der Waals surface area contributed by atoms with Gasteiger partial charge in [0.15, 0.2) is 11.5 Å². The maximum absolute atomic E-state index is 12.7. The minimum atomic E-state index is -0.0326. The molecule has 0 radical (unpaired) electrons. The van der Waals surface area contributed by atoms with E-state index in [4.69, 9.17) is 25.8 Å². The molecule has 23 heavy (non-hydrogen) atoms. The van der Waals surface area contributed by atoms with E-state index in [0.717, 1.165) is 19.6 Å². The number of rotatable bonds is 6. The Morgan fingerprint density at radius 1 is 1.04 bits per heavy atom. The van der Waals surface area contributed by atoms with Crippen LogP contribution in [0.5, 0.6) is 17.2 Å². The van der Waals surface area contributed by atoms with Gasteiger partial charge in [0.1, 0.15) is 0 Å². The van der Waals surface area contributed by atoms with E-state index < -0.39 is 0 Å². The van der Waals surface area contributed by atoms with Crippen molar-refractivity contribution in [2.24, 2.45) is 0 Å². The predicted molar refractivity (Wildman–Crippen MR) is 89.2 cm³/mol. The quantitative estimate of drug-likeness (QED) is 0.737. The zero-order valence-electron chi connectivity index (χ0n) is 13.8. The zero-order chi connectivity index (χ0) is 16.8. The Kier molecular flexibility index (Phi) is 6.36. The Bertz CT molecular complexity index is 520. The van der Waals surface area contributed by atoms with E-state index in [-0.39, 0.29) is 5.91 Å². The summed E-state index contributed by atoms with van der Waals surface area (Å²) >= 11 is 5.76. The Labute approximate surface area is 141 Å². The van der Waals surface area contributed by atoms with Crippen molar-refractivity contribution in [3.8, 4) is 17.2 Å². The van der Waals surface area contributed by atoms with Gasteiger partial charge in [-0.15, -0.1) is 11.6 Å². The molecule has 2 rings (SSSR count). The smallest absolute Gasteiger partial charge is 0.254 e. The Morgan fingerprint density at radius 2 is 1.61 bits per heavy atom. The summed E-state index contributed by atoms with van der Waals surface area (Å²) in [6.45, 7) is 3.90. The van der Waals surface area contributed by atoms with Gasteiger partial charge in [-0.05, 0) is 12.1 Å². The monoisotopic (exact) mass is 342 g/mol. The first-order chi connectivity index (χ1) is 11.1. The number of amides is 1. The molecule has 1 fully saturated rings. The topological polar surface area (TPSA) is 51.2 Å². The van der Waals surface area contributed by atoms with E-state index in [2.05, 4.69) is 4.90 Å². The second-order valence-electron chi connectivity index (χ2n) is 5.24. The third-order valence-corrected chi connectivity index (χ3v) is 4.14. The fourth-order valence-electron chi connectivity index (χ4n) is 2.68. The van der Waals surface area contributed by atoms with E-state index in [0.29, 0.717) is 41.8 Å². The van der Waals surface area contributed by atoms with Gasteiger partial charge in [-0.1, -0.05) is 0 Å². The van der Waals surface area contributed by atoms with Crippen molar-refractivity contribution < 1.29 is 19.0 Å². The number of hydrogen-bond acceptors (Lipinski definition) is 5. The highest BCUT2D eigenvalue weighted by Crippen LogP contribution is 2.38. The number of halogens is 1. The van der Waals surface area contributed by atoms with Gasteiger partial charge in [0, 0.05) is 44.2 Å². The molecule has 0 N–H and O–H groups in total. The van der Waals surface area contributed by atoms with Crippen molar-refractivity contribution in [3.63, 3.8) is 0 Å². The molecule has 0 spiro atoms. The van der Waals surface area contributed by atoms with Crippen LogP contribution in [0.3, 0.4) is 0 Å². The van der Waals surface area contributed by atoms with Crippen LogP contribution < -0.4 is 14.2 Å². The largest absolute Gasteiger partial charge is 0.493 e. The Morgan fingerprint density at radius 3 is 2.04 bits per heavy atom. The second kappa shape index (κ2) is 8.26. The van der Waals surface area contributed by atoms with Crippen LogP contribution >= 0.6 is 11.6 Å². The summed E-state index contributed by atoms with van der Waals surface area (Å²) in [4.78, 5) is 16.8. The molecule has 6 nitrogen and oxygen atoms in total. The fourth-order valence-corrected chi connectivity index (χ4v) is 2.92. The van der Waals surface area contributed by atoms with Gasteiger partial charge in [0.05, 0.1) is 21.3 Å². The molecule has 1 saturated heterocycles. The number of carbonyl (C=O) groups is 1. The molecular formula is C16H23ClN2O4. The highest BCUT2D eigenvalue weighted by atomic mass is 35.5. The number of nitrogens with zero attached hydrogens (tertiary/aromatic N) is 2. The minimum Gasteiger partial charge on any atom is -0.493 e. The first-order valence-corrected chi connectivity index (χ1v) is 8.05. The summed E-state index contributed by atoms with van der Waals surface area (Å²) in [6.07, 6.45) is 0. The molecule has 1 aromatic rings. The van der Waals surface area contributed by atoms with Crippen LogP contribution in [0.15, 0.2) is 12.1 Å². The lowest BCUT2D eigenvalue weighted by Crippen LogP contribution is -2.49. The standard InChI is InChI=1S/C16H23ClN2O4/c1-21-13-10-12(11-14(22-2)15(13)23-3)16(20)19-8-6-18(5-4-17)7-9-19/h10-11H,4-9H2,1-3H3. The molecule has 0 aliphatic carbocycles. The number of carbonyl (C=O) groups excluding carboxylic acids is 1. The van der Waals surface area contributed by atoms with Crippen molar-refractivity contribution in [2.45, 2.75) is 0 Å². The molecule has 7 heteroatoms. The van der Waals surface area contributed by atoms with Crippen LogP contribution in [0, 0.1) is 0 Å². The summed E-state index contributed by atoms with van der Waals surface area (Å²) in [5.41, 5.74) is 0.533. The first kappa shape index (κ1) is 17.7. The van der Waals surface area contributed by atoms with Crippen molar-refractivity contribution in [1.29, 1.82) is 0 Å². The number of benzene rings is 1. The lowest BCUT2D eigenvalue weighted by Gasteiger charge is -2.34. The third-order valence-electron chi connectivity index (χ3n) is 3.97. The van der Waals surface area contributed by atoms with Crippen LogP contribution in [-0.4, -0.2) is 75.6 Å². The molecule has 0 saturated carbocycles. The average Bonchev–Trinajstić information content (AvgIpc) is 2.60. The van der Waals surface area contributed by atoms with Crippen molar-refractivity contribution in [2.75, 3.05) is 59.9 Å². The molecule has 0 atom stereocenters. The summed E-state index contributed by atoms with van der Waals surface area (Å²) in [5.74, 6) is 2.03. The van der Waals surface area contributed by atoms with E-state index in [1.165, 1.54) is 21.3 Å². The first-order valence-electron chi connectivity index (χ1n) is 7.52. The van der Waals surface area contributed by atoms with Crippen molar-refractivity contribution in [3.05, 3.63) is 17.7 Å². The summed E-state index contributed by atoms with van der Waals surface area (Å²) < 4.78 is 15.9. The third kappa shape index (κ3) is 4.00. The van der Waals surface area contributed by atoms with Gasteiger partial charge in [-0.25, -0.2) is 0 Å². The highest BCUT2D eigenvalue weighted by molar-refractivity contribution is 6.18. The van der Waals surface area contributed by atoms with Crippen LogP contribution in [0.1, 0.15) is 10.4 Å². The van der Waals surface area contributed by atoms with E-state index in [1.54, 1.807) is 12.1 Å². The zero-order valence-corrected chi connectivity index (χ0v) is 14.6. The molecule has 0 unspecified atom stereocenters. The van der Waals surface area contributed by atoms with Crippen molar-refractivity contribution in [1.82, 2.24) is 9.80 Å². The SMILES string of the molecule is COc1cc(C(=O)N2CCN(CCCl)CC2)cc(OC)c1OC. The fraction of sp³-hybridized carbons (Fsp3) is 0.562. The van der Waals surface area contributed by atoms with Crippen molar-refractivity contribution >= 4 is 17.5 Å². The van der Waals surface area contributed by atoms with Gasteiger partial charge in [0.25, 0.3) is 5.91 Å². The molecule has 0 aromatic heterocycles. The number of piperazine rings is 1. The molecule has 1 aliphatic heterocycles.